The fourth-order valence-corrected chi connectivity index (χ4v) is 3.26. The number of nitrogens with zero attached hydrogens (tertiary/aromatic N) is 1. The molecule has 0 fully saturated rings. The van der Waals surface area contributed by atoms with Crippen molar-refractivity contribution in [2.45, 2.75) is 0 Å². The van der Waals surface area contributed by atoms with Gasteiger partial charge >= 0.3 is 5.97 Å². The molecule has 0 aromatic heterocycles. The number of rotatable bonds is 5. The van der Waals surface area contributed by atoms with Crippen LogP contribution in [0.1, 0.15) is 11.1 Å². The Bertz CT molecular complexity index is 971. The average molecular weight is 500 g/mol. The third kappa shape index (κ3) is 3.89. The Hall–Kier alpha value is -2.26. The van der Waals surface area contributed by atoms with Gasteiger partial charge in [-0.05, 0) is 59.0 Å². The van der Waals surface area contributed by atoms with E-state index in [-0.39, 0.29) is 11.6 Å². The zero-order valence-electron chi connectivity index (χ0n) is 14.7. The highest BCUT2D eigenvalue weighted by Crippen LogP contribution is 2.41. The van der Waals surface area contributed by atoms with Gasteiger partial charge in [-0.1, -0.05) is 11.6 Å². The summed E-state index contributed by atoms with van der Waals surface area (Å²) in [4.78, 5) is 16.6. The van der Waals surface area contributed by atoms with Crippen LogP contribution in [0.15, 0.2) is 41.0 Å². The fraction of sp³-hybridized carbons (Fsp3) is 0.158. The number of benzene rings is 2. The van der Waals surface area contributed by atoms with Gasteiger partial charge in [0.2, 0.25) is 11.6 Å². The molecule has 3 rings (SSSR count). The largest absolute Gasteiger partial charge is 0.493 e. The molecule has 2 aromatic carbocycles. The van der Waals surface area contributed by atoms with Crippen LogP contribution in [-0.4, -0.2) is 33.2 Å². The maximum Gasteiger partial charge on any atom is 0.363 e. The van der Waals surface area contributed by atoms with E-state index in [0.29, 0.717) is 33.4 Å². The predicted octanol–water partition coefficient (Wildman–Crippen LogP) is 4.31. The van der Waals surface area contributed by atoms with Crippen LogP contribution in [0.5, 0.6) is 17.2 Å². The monoisotopic (exact) mass is 499 g/mol. The maximum atomic E-state index is 12.3. The predicted molar refractivity (Wildman–Crippen MR) is 111 cm³/mol. The van der Waals surface area contributed by atoms with Crippen molar-refractivity contribution in [1.29, 1.82) is 0 Å². The summed E-state index contributed by atoms with van der Waals surface area (Å²) in [7, 11) is 4.55. The third-order valence-corrected chi connectivity index (χ3v) is 4.81. The highest BCUT2D eigenvalue weighted by molar-refractivity contribution is 14.1. The zero-order chi connectivity index (χ0) is 19.6. The van der Waals surface area contributed by atoms with Gasteiger partial charge in [0, 0.05) is 9.13 Å². The average Bonchev–Trinajstić information content (AvgIpc) is 3.03. The molecule has 0 N–H and O–H groups in total. The Morgan fingerprint density at radius 1 is 1.07 bits per heavy atom. The quantitative estimate of drug-likeness (QED) is 0.348. The number of esters is 1. The molecule has 27 heavy (non-hydrogen) atoms. The summed E-state index contributed by atoms with van der Waals surface area (Å²) in [5.41, 5.74) is 1.28. The number of hydrogen-bond donors (Lipinski definition) is 0. The number of cyclic esters (lactones) is 1. The van der Waals surface area contributed by atoms with Crippen LogP contribution < -0.4 is 14.2 Å². The molecule has 0 aliphatic carbocycles. The van der Waals surface area contributed by atoms with E-state index in [1.165, 1.54) is 21.3 Å². The van der Waals surface area contributed by atoms with Gasteiger partial charge in [-0.25, -0.2) is 9.79 Å². The number of hydrogen-bond acceptors (Lipinski definition) is 6. The molecular formula is C19H15ClINO5. The standard InChI is InChI=1S/C19H15ClINO5/c1-24-15-7-4-10(16(25-2)17(15)26-3)8-14-19(23)27-18(22-14)12-9-11(21)5-6-13(12)20/h4-9H,1-3H3/b14-8-. The van der Waals surface area contributed by atoms with Gasteiger partial charge < -0.3 is 18.9 Å². The lowest BCUT2D eigenvalue weighted by molar-refractivity contribution is -0.129. The molecule has 0 radical (unpaired) electrons. The SMILES string of the molecule is COc1ccc(/C=C2\N=C(c3cc(I)ccc3Cl)OC2=O)c(OC)c1OC. The maximum absolute atomic E-state index is 12.3. The van der Waals surface area contributed by atoms with E-state index in [2.05, 4.69) is 27.6 Å². The number of carbonyl (C=O) groups excluding carboxylic acids is 1. The van der Waals surface area contributed by atoms with Crippen molar-refractivity contribution in [2.75, 3.05) is 21.3 Å². The van der Waals surface area contributed by atoms with E-state index in [4.69, 9.17) is 30.5 Å². The molecule has 0 amide bonds. The van der Waals surface area contributed by atoms with Crippen molar-refractivity contribution >= 4 is 52.1 Å². The van der Waals surface area contributed by atoms with Gasteiger partial charge in [0.1, 0.15) is 0 Å². The Morgan fingerprint density at radius 3 is 2.48 bits per heavy atom. The Kier molecular flexibility index (Phi) is 5.91. The van der Waals surface area contributed by atoms with Crippen molar-refractivity contribution in [1.82, 2.24) is 0 Å². The molecule has 0 bridgehead atoms. The first-order chi connectivity index (χ1) is 13.0. The highest BCUT2D eigenvalue weighted by Gasteiger charge is 2.27. The molecule has 2 aromatic rings. The molecule has 6 nitrogen and oxygen atoms in total. The molecule has 0 saturated carbocycles. The molecule has 8 heteroatoms. The molecule has 0 atom stereocenters. The molecule has 1 aliphatic rings. The summed E-state index contributed by atoms with van der Waals surface area (Å²) >= 11 is 8.36. The lowest BCUT2D eigenvalue weighted by atomic mass is 10.1. The zero-order valence-corrected chi connectivity index (χ0v) is 17.6. The van der Waals surface area contributed by atoms with E-state index in [0.717, 1.165) is 3.57 Å². The van der Waals surface area contributed by atoms with E-state index in [1.807, 2.05) is 6.07 Å². The van der Waals surface area contributed by atoms with Gasteiger partial charge in [0.25, 0.3) is 0 Å². The topological polar surface area (TPSA) is 66.4 Å². The van der Waals surface area contributed by atoms with Crippen molar-refractivity contribution < 1.29 is 23.7 Å². The number of ether oxygens (including phenoxy) is 4. The van der Waals surface area contributed by atoms with E-state index in [9.17, 15) is 4.79 Å². The van der Waals surface area contributed by atoms with Gasteiger partial charge in [-0.3, -0.25) is 0 Å². The summed E-state index contributed by atoms with van der Waals surface area (Å²) in [6.45, 7) is 0. The Labute approximate surface area is 174 Å². The minimum atomic E-state index is -0.572. The summed E-state index contributed by atoms with van der Waals surface area (Å²) in [5.74, 6) is 0.949. The first-order valence-electron chi connectivity index (χ1n) is 7.75. The second kappa shape index (κ2) is 8.18. The van der Waals surface area contributed by atoms with Crippen molar-refractivity contribution in [3.05, 3.63) is 55.7 Å². The molecule has 0 spiro atoms. The Balaban J connectivity index is 2.06. The highest BCUT2D eigenvalue weighted by atomic mass is 127. The van der Waals surface area contributed by atoms with Gasteiger partial charge in [-0.15, -0.1) is 0 Å². The summed E-state index contributed by atoms with van der Waals surface area (Å²) < 4.78 is 22.3. The second-order valence-electron chi connectivity index (χ2n) is 5.38. The number of methoxy groups -OCH3 is 3. The number of carbonyl (C=O) groups is 1. The van der Waals surface area contributed by atoms with E-state index >= 15 is 0 Å². The van der Waals surface area contributed by atoms with Crippen molar-refractivity contribution in [3.8, 4) is 17.2 Å². The lowest BCUT2D eigenvalue weighted by Crippen LogP contribution is -2.06. The van der Waals surface area contributed by atoms with Gasteiger partial charge in [0.05, 0.1) is 31.9 Å². The summed E-state index contributed by atoms with van der Waals surface area (Å²) in [6, 6.07) is 8.85. The van der Waals surface area contributed by atoms with E-state index in [1.54, 1.807) is 30.3 Å². The van der Waals surface area contributed by atoms with Crippen LogP contribution in [0, 0.1) is 3.57 Å². The van der Waals surface area contributed by atoms with Crippen LogP contribution in [0.3, 0.4) is 0 Å². The van der Waals surface area contributed by atoms with Gasteiger partial charge in [0.15, 0.2) is 17.2 Å². The van der Waals surface area contributed by atoms with Crippen LogP contribution >= 0.6 is 34.2 Å². The molecule has 0 saturated heterocycles. The minimum Gasteiger partial charge on any atom is -0.493 e. The molecule has 140 valence electrons. The first-order valence-corrected chi connectivity index (χ1v) is 9.21. The van der Waals surface area contributed by atoms with Gasteiger partial charge in [-0.2, -0.15) is 0 Å². The normalized spacial score (nSPS) is 14.8. The fourth-order valence-electron chi connectivity index (χ4n) is 2.57. The molecule has 0 unspecified atom stereocenters. The number of halogens is 2. The molecular weight excluding hydrogens is 485 g/mol. The first kappa shape index (κ1) is 19.5. The third-order valence-electron chi connectivity index (χ3n) is 3.81. The van der Waals surface area contributed by atoms with Crippen LogP contribution in [0.2, 0.25) is 5.02 Å². The van der Waals surface area contributed by atoms with E-state index < -0.39 is 5.97 Å². The molecule has 1 heterocycles. The van der Waals surface area contributed by atoms with Crippen molar-refractivity contribution in [3.63, 3.8) is 0 Å². The lowest BCUT2D eigenvalue weighted by Gasteiger charge is -2.14. The molecule has 1 aliphatic heterocycles. The van der Waals surface area contributed by atoms with Crippen LogP contribution in [-0.2, 0) is 9.53 Å². The Morgan fingerprint density at radius 2 is 1.81 bits per heavy atom. The smallest absolute Gasteiger partial charge is 0.363 e. The van der Waals surface area contributed by atoms with Crippen LogP contribution in [0.4, 0.5) is 0 Å². The van der Waals surface area contributed by atoms with Crippen molar-refractivity contribution in [2.24, 2.45) is 4.99 Å². The summed E-state index contributed by atoms with van der Waals surface area (Å²) in [6.07, 6.45) is 1.57. The van der Waals surface area contributed by atoms with Crippen LogP contribution in [0.25, 0.3) is 6.08 Å². The number of aliphatic imine (C=N–C) groups is 1. The minimum absolute atomic E-state index is 0.130. The second-order valence-corrected chi connectivity index (χ2v) is 7.04. The summed E-state index contributed by atoms with van der Waals surface area (Å²) in [5, 5.41) is 0.451.